The van der Waals surface area contributed by atoms with Crippen molar-refractivity contribution in [3.63, 3.8) is 0 Å². The summed E-state index contributed by atoms with van der Waals surface area (Å²) in [5.41, 5.74) is 0.796. The number of piperazine rings is 1. The van der Waals surface area contributed by atoms with Crippen LogP contribution in [-0.2, 0) is 26.0 Å². The summed E-state index contributed by atoms with van der Waals surface area (Å²) >= 11 is 0. The molecule has 33 heavy (non-hydrogen) atoms. The molecule has 2 amide bonds. The number of sulfonamides is 1. The normalized spacial score (nSPS) is 18.8. The van der Waals surface area contributed by atoms with Gasteiger partial charge in [-0.3, -0.25) is 14.5 Å². The smallest absolute Gasteiger partial charge is 0.253 e. The SMILES string of the molecule is CCc1ccc(C(=O)N2CCN(CC(=O)NC(C)(C)C)CC2)cc1S(=O)(=O)N1CCOCC1. The number of ether oxygens (including phenoxy) is 1. The zero-order valence-corrected chi connectivity index (χ0v) is 20.9. The first-order chi connectivity index (χ1) is 15.5. The van der Waals surface area contributed by atoms with Gasteiger partial charge in [0.1, 0.15) is 0 Å². The maximum atomic E-state index is 13.3. The Labute approximate surface area is 197 Å². The van der Waals surface area contributed by atoms with Gasteiger partial charge in [-0.1, -0.05) is 13.0 Å². The second kappa shape index (κ2) is 10.5. The zero-order valence-electron chi connectivity index (χ0n) is 20.1. The maximum absolute atomic E-state index is 13.3. The molecule has 3 rings (SSSR count). The van der Waals surface area contributed by atoms with E-state index in [9.17, 15) is 18.0 Å². The second-order valence-electron chi connectivity index (χ2n) is 9.56. The van der Waals surface area contributed by atoms with Crippen molar-refractivity contribution < 1.29 is 22.7 Å². The van der Waals surface area contributed by atoms with Crippen molar-refractivity contribution in [2.24, 2.45) is 0 Å². The van der Waals surface area contributed by atoms with Gasteiger partial charge < -0.3 is 15.0 Å². The molecule has 0 spiro atoms. The number of carbonyl (C=O) groups excluding carboxylic acids is 2. The fraction of sp³-hybridized carbons (Fsp3) is 0.652. The van der Waals surface area contributed by atoms with Gasteiger partial charge in [0.05, 0.1) is 24.7 Å². The van der Waals surface area contributed by atoms with Crippen LogP contribution in [0.5, 0.6) is 0 Å². The van der Waals surface area contributed by atoms with E-state index in [0.717, 1.165) is 0 Å². The Morgan fingerprint density at radius 1 is 1.03 bits per heavy atom. The molecule has 2 aliphatic rings. The summed E-state index contributed by atoms with van der Waals surface area (Å²) in [6, 6.07) is 4.98. The van der Waals surface area contributed by atoms with E-state index in [0.29, 0.717) is 76.6 Å². The summed E-state index contributed by atoms with van der Waals surface area (Å²) in [6.07, 6.45) is 0.558. The van der Waals surface area contributed by atoms with Gasteiger partial charge in [0.15, 0.2) is 0 Å². The highest BCUT2D eigenvalue weighted by Crippen LogP contribution is 2.24. The van der Waals surface area contributed by atoms with Crippen molar-refractivity contribution >= 4 is 21.8 Å². The van der Waals surface area contributed by atoms with Gasteiger partial charge >= 0.3 is 0 Å². The third-order valence-electron chi connectivity index (χ3n) is 5.82. The molecule has 0 aliphatic carbocycles. The molecule has 0 unspecified atom stereocenters. The quantitative estimate of drug-likeness (QED) is 0.651. The van der Waals surface area contributed by atoms with Crippen molar-refractivity contribution in [3.8, 4) is 0 Å². The molecular weight excluding hydrogens is 444 g/mol. The van der Waals surface area contributed by atoms with E-state index < -0.39 is 10.0 Å². The van der Waals surface area contributed by atoms with Crippen molar-refractivity contribution in [1.29, 1.82) is 0 Å². The summed E-state index contributed by atoms with van der Waals surface area (Å²) in [5.74, 6) is -0.217. The fourth-order valence-electron chi connectivity index (χ4n) is 4.10. The largest absolute Gasteiger partial charge is 0.379 e. The van der Waals surface area contributed by atoms with Crippen LogP contribution >= 0.6 is 0 Å². The van der Waals surface area contributed by atoms with Gasteiger partial charge in [0.2, 0.25) is 15.9 Å². The zero-order chi connectivity index (χ0) is 24.2. The monoisotopic (exact) mass is 480 g/mol. The predicted molar refractivity (Wildman–Crippen MR) is 126 cm³/mol. The number of hydrogen-bond donors (Lipinski definition) is 1. The lowest BCUT2D eigenvalue weighted by Gasteiger charge is -2.35. The highest BCUT2D eigenvalue weighted by Gasteiger charge is 2.30. The minimum atomic E-state index is -3.70. The van der Waals surface area contributed by atoms with Crippen LogP contribution in [0.15, 0.2) is 23.1 Å². The molecule has 2 fully saturated rings. The molecular formula is C23H36N4O5S. The predicted octanol–water partition coefficient (Wildman–Crippen LogP) is 0.942. The Hall–Kier alpha value is -2.01. The first-order valence-corrected chi connectivity index (χ1v) is 13.0. The number of morpholine rings is 1. The molecule has 0 radical (unpaired) electrons. The lowest BCUT2D eigenvalue weighted by atomic mass is 10.1. The average molecular weight is 481 g/mol. The number of benzene rings is 1. The highest BCUT2D eigenvalue weighted by atomic mass is 32.2. The molecule has 10 heteroatoms. The standard InChI is InChI=1S/C23H36N4O5S/c1-5-18-6-7-19(16-20(18)33(30,31)27-12-14-32-15-13-27)22(29)26-10-8-25(9-11-26)17-21(28)24-23(2,3)4/h6-7,16H,5,8-15,17H2,1-4H3,(H,24,28). The third kappa shape index (κ3) is 6.53. The molecule has 2 aliphatic heterocycles. The van der Waals surface area contributed by atoms with E-state index in [4.69, 9.17) is 4.74 Å². The van der Waals surface area contributed by atoms with Gasteiger partial charge in [-0.2, -0.15) is 4.31 Å². The summed E-state index contributed by atoms with van der Waals surface area (Å²) in [6.45, 7) is 11.6. The Bertz CT molecular complexity index is 960. The van der Waals surface area contributed by atoms with Crippen molar-refractivity contribution in [3.05, 3.63) is 29.3 Å². The first kappa shape index (κ1) is 25.6. The minimum absolute atomic E-state index is 0.0320. The molecule has 1 N–H and O–H groups in total. The Balaban J connectivity index is 1.68. The number of hydrogen-bond acceptors (Lipinski definition) is 6. The van der Waals surface area contributed by atoms with Gasteiger partial charge in [-0.25, -0.2) is 8.42 Å². The third-order valence-corrected chi connectivity index (χ3v) is 7.80. The van der Waals surface area contributed by atoms with Crippen LogP contribution in [0.4, 0.5) is 0 Å². The van der Waals surface area contributed by atoms with Gasteiger partial charge in [-0.05, 0) is 44.9 Å². The first-order valence-electron chi connectivity index (χ1n) is 11.5. The van der Waals surface area contributed by atoms with E-state index in [1.165, 1.54) is 10.4 Å². The molecule has 184 valence electrons. The Morgan fingerprint density at radius 2 is 1.67 bits per heavy atom. The number of rotatable bonds is 6. The number of nitrogens with zero attached hydrogens (tertiary/aromatic N) is 3. The van der Waals surface area contributed by atoms with E-state index in [1.54, 1.807) is 17.0 Å². The lowest BCUT2D eigenvalue weighted by molar-refractivity contribution is -0.124. The average Bonchev–Trinajstić information content (AvgIpc) is 2.78. The molecule has 2 saturated heterocycles. The molecule has 9 nitrogen and oxygen atoms in total. The topological polar surface area (TPSA) is 99.3 Å². The molecule has 0 atom stereocenters. The summed E-state index contributed by atoms with van der Waals surface area (Å²) in [5, 5.41) is 2.95. The summed E-state index contributed by atoms with van der Waals surface area (Å²) in [7, 11) is -3.70. The highest BCUT2D eigenvalue weighted by molar-refractivity contribution is 7.89. The Kier molecular flexibility index (Phi) is 8.15. The lowest BCUT2D eigenvalue weighted by Crippen LogP contribution is -2.52. The van der Waals surface area contributed by atoms with E-state index in [1.807, 2.05) is 32.6 Å². The van der Waals surface area contributed by atoms with Crippen LogP contribution in [0.1, 0.15) is 43.6 Å². The number of aryl methyl sites for hydroxylation is 1. The fourth-order valence-corrected chi connectivity index (χ4v) is 5.83. The van der Waals surface area contributed by atoms with E-state index in [-0.39, 0.29) is 22.2 Å². The van der Waals surface area contributed by atoms with Crippen molar-refractivity contribution in [2.75, 3.05) is 59.0 Å². The van der Waals surface area contributed by atoms with Crippen LogP contribution in [0.3, 0.4) is 0 Å². The Morgan fingerprint density at radius 3 is 2.24 bits per heavy atom. The number of amides is 2. The molecule has 0 saturated carbocycles. The van der Waals surface area contributed by atoms with Crippen molar-refractivity contribution in [1.82, 2.24) is 19.4 Å². The molecule has 1 aromatic carbocycles. The van der Waals surface area contributed by atoms with E-state index >= 15 is 0 Å². The molecule has 1 aromatic rings. The summed E-state index contributed by atoms with van der Waals surface area (Å²) < 4.78 is 33.2. The van der Waals surface area contributed by atoms with Crippen LogP contribution < -0.4 is 5.32 Å². The molecule has 0 aromatic heterocycles. The summed E-state index contributed by atoms with van der Waals surface area (Å²) in [4.78, 5) is 29.3. The van der Waals surface area contributed by atoms with Crippen LogP contribution in [-0.4, -0.2) is 98.9 Å². The van der Waals surface area contributed by atoms with Crippen molar-refractivity contribution in [2.45, 2.75) is 44.6 Å². The van der Waals surface area contributed by atoms with Gasteiger partial charge in [0, 0.05) is 50.4 Å². The van der Waals surface area contributed by atoms with Crippen LogP contribution in [0.25, 0.3) is 0 Å². The van der Waals surface area contributed by atoms with Crippen LogP contribution in [0, 0.1) is 0 Å². The minimum Gasteiger partial charge on any atom is -0.379 e. The second-order valence-corrected chi connectivity index (χ2v) is 11.5. The van der Waals surface area contributed by atoms with Gasteiger partial charge in [0.25, 0.3) is 5.91 Å². The van der Waals surface area contributed by atoms with Gasteiger partial charge in [-0.15, -0.1) is 0 Å². The number of carbonyl (C=O) groups is 2. The molecule has 2 heterocycles. The maximum Gasteiger partial charge on any atom is 0.253 e. The van der Waals surface area contributed by atoms with E-state index in [2.05, 4.69) is 5.32 Å². The van der Waals surface area contributed by atoms with Crippen LogP contribution in [0.2, 0.25) is 0 Å². The number of nitrogens with one attached hydrogen (secondary N) is 1. The molecule has 0 bridgehead atoms.